The Hall–Kier alpha value is -1.03. The third kappa shape index (κ3) is 1.58. The van der Waals surface area contributed by atoms with E-state index in [1.807, 2.05) is 13.0 Å². The van der Waals surface area contributed by atoms with Crippen molar-refractivity contribution in [3.05, 3.63) is 16.5 Å². The smallest absolute Gasteiger partial charge is 0.254 e. The van der Waals surface area contributed by atoms with E-state index >= 15 is 0 Å². The monoisotopic (exact) mass is 184 g/mol. The largest absolute Gasteiger partial charge is 0.390 e. The average Bonchev–Trinajstić information content (AvgIpc) is 2.45. The summed E-state index contributed by atoms with van der Waals surface area (Å²) in [6.45, 7) is 2.04. The Kier molecular flexibility index (Phi) is 2.70. The van der Waals surface area contributed by atoms with Gasteiger partial charge in [0.15, 0.2) is 0 Å². The fourth-order valence-corrected chi connectivity index (χ4v) is 1.81. The van der Waals surface area contributed by atoms with E-state index in [9.17, 15) is 4.79 Å². The maximum atomic E-state index is 11.2. The maximum Gasteiger partial charge on any atom is 0.254 e. The van der Waals surface area contributed by atoms with Gasteiger partial charge in [0, 0.05) is 11.9 Å². The first-order valence-corrected chi connectivity index (χ1v) is 4.61. The van der Waals surface area contributed by atoms with Crippen LogP contribution in [0.2, 0.25) is 0 Å². The molecule has 3 N–H and O–H groups in total. The van der Waals surface area contributed by atoms with Crippen LogP contribution in [-0.2, 0) is 6.42 Å². The number of rotatable bonds is 2. The van der Waals surface area contributed by atoms with E-state index in [0.717, 1.165) is 11.3 Å². The van der Waals surface area contributed by atoms with Crippen LogP contribution in [0.3, 0.4) is 0 Å². The van der Waals surface area contributed by atoms with E-state index in [4.69, 9.17) is 5.73 Å². The zero-order valence-corrected chi connectivity index (χ0v) is 7.99. The number of hydrogen-bond acceptors (Lipinski definition) is 3. The Balaban J connectivity index is 2.99. The first-order valence-electron chi connectivity index (χ1n) is 3.79. The molecule has 0 spiro atoms. The molecule has 0 unspecified atom stereocenters. The third-order valence-electron chi connectivity index (χ3n) is 1.63. The molecule has 0 aliphatic heterocycles. The van der Waals surface area contributed by atoms with Gasteiger partial charge in [0.2, 0.25) is 0 Å². The lowest BCUT2D eigenvalue weighted by Gasteiger charge is -1.95. The van der Waals surface area contributed by atoms with E-state index in [0.29, 0.717) is 10.6 Å². The van der Waals surface area contributed by atoms with Crippen LogP contribution in [-0.4, -0.2) is 13.0 Å². The summed E-state index contributed by atoms with van der Waals surface area (Å²) < 4.78 is 0. The molecule has 0 fully saturated rings. The van der Waals surface area contributed by atoms with Crippen molar-refractivity contribution in [2.45, 2.75) is 13.3 Å². The van der Waals surface area contributed by atoms with Crippen molar-refractivity contribution in [3.63, 3.8) is 0 Å². The SMILES string of the molecule is CCc1cc(C(=O)NC)c(N)s1. The molecule has 1 amide bonds. The van der Waals surface area contributed by atoms with E-state index in [-0.39, 0.29) is 5.91 Å². The van der Waals surface area contributed by atoms with E-state index < -0.39 is 0 Å². The number of nitrogen functional groups attached to an aromatic ring is 1. The number of amides is 1. The number of carbonyl (C=O) groups excluding carboxylic acids is 1. The fraction of sp³-hybridized carbons (Fsp3) is 0.375. The fourth-order valence-electron chi connectivity index (χ4n) is 0.944. The van der Waals surface area contributed by atoms with Gasteiger partial charge in [0.1, 0.15) is 0 Å². The second-order valence-electron chi connectivity index (χ2n) is 2.42. The zero-order chi connectivity index (χ0) is 9.14. The molecule has 1 rings (SSSR count). The predicted molar refractivity (Wildman–Crippen MR) is 51.5 cm³/mol. The highest BCUT2D eigenvalue weighted by Crippen LogP contribution is 2.24. The second-order valence-corrected chi connectivity index (χ2v) is 3.59. The van der Waals surface area contributed by atoms with Crippen molar-refractivity contribution in [2.75, 3.05) is 12.8 Å². The first kappa shape index (κ1) is 9.06. The lowest BCUT2D eigenvalue weighted by molar-refractivity contribution is 0.0964. The van der Waals surface area contributed by atoms with Crippen molar-refractivity contribution in [1.82, 2.24) is 5.32 Å². The highest BCUT2D eigenvalue weighted by Gasteiger charge is 2.11. The molecule has 12 heavy (non-hydrogen) atoms. The summed E-state index contributed by atoms with van der Waals surface area (Å²) in [7, 11) is 1.60. The Bertz CT molecular complexity index is 293. The van der Waals surface area contributed by atoms with Gasteiger partial charge < -0.3 is 11.1 Å². The van der Waals surface area contributed by atoms with Crippen molar-refractivity contribution in [3.8, 4) is 0 Å². The summed E-state index contributed by atoms with van der Waals surface area (Å²) >= 11 is 1.47. The summed E-state index contributed by atoms with van der Waals surface area (Å²) in [6.07, 6.45) is 0.922. The van der Waals surface area contributed by atoms with Crippen molar-refractivity contribution in [1.29, 1.82) is 0 Å². The van der Waals surface area contributed by atoms with Crippen LogP contribution in [0.1, 0.15) is 22.2 Å². The summed E-state index contributed by atoms with van der Waals surface area (Å²) in [5.41, 5.74) is 6.25. The molecule has 0 aliphatic rings. The minimum absolute atomic E-state index is 0.108. The van der Waals surface area contributed by atoms with Gasteiger partial charge in [0.05, 0.1) is 10.6 Å². The summed E-state index contributed by atoms with van der Waals surface area (Å²) in [6, 6.07) is 1.85. The predicted octanol–water partition coefficient (Wildman–Crippen LogP) is 1.25. The topological polar surface area (TPSA) is 55.1 Å². The first-order chi connectivity index (χ1) is 5.69. The third-order valence-corrected chi connectivity index (χ3v) is 2.74. The van der Waals surface area contributed by atoms with Gasteiger partial charge in [-0.15, -0.1) is 11.3 Å². The molecule has 0 atom stereocenters. The molecular weight excluding hydrogens is 172 g/mol. The summed E-state index contributed by atoms with van der Waals surface area (Å²) in [4.78, 5) is 12.3. The van der Waals surface area contributed by atoms with Crippen LogP contribution >= 0.6 is 11.3 Å². The molecule has 1 aromatic heterocycles. The Morgan fingerprint density at radius 2 is 2.42 bits per heavy atom. The molecular formula is C8H12N2OS. The van der Waals surface area contributed by atoms with E-state index in [1.165, 1.54) is 11.3 Å². The molecule has 0 saturated heterocycles. The Morgan fingerprint density at radius 1 is 1.75 bits per heavy atom. The van der Waals surface area contributed by atoms with Gasteiger partial charge in [-0.25, -0.2) is 0 Å². The second kappa shape index (κ2) is 3.58. The molecule has 3 nitrogen and oxygen atoms in total. The quantitative estimate of drug-likeness (QED) is 0.726. The molecule has 4 heteroatoms. The number of anilines is 1. The number of nitrogens with one attached hydrogen (secondary N) is 1. The average molecular weight is 184 g/mol. The molecule has 66 valence electrons. The van der Waals surface area contributed by atoms with Gasteiger partial charge in [0.25, 0.3) is 5.91 Å². The highest BCUT2D eigenvalue weighted by atomic mass is 32.1. The normalized spacial score (nSPS) is 9.83. The summed E-state index contributed by atoms with van der Waals surface area (Å²) in [5, 5.41) is 3.15. The molecule has 0 radical (unpaired) electrons. The highest BCUT2D eigenvalue weighted by molar-refractivity contribution is 7.16. The van der Waals surface area contributed by atoms with E-state index in [1.54, 1.807) is 7.05 Å². The minimum atomic E-state index is -0.108. The van der Waals surface area contributed by atoms with Gasteiger partial charge in [-0.05, 0) is 12.5 Å². The van der Waals surface area contributed by atoms with Crippen LogP contribution in [0.15, 0.2) is 6.07 Å². The minimum Gasteiger partial charge on any atom is -0.390 e. The van der Waals surface area contributed by atoms with Crippen LogP contribution in [0.4, 0.5) is 5.00 Å². The van der Waals surface area contributed by atoms with Gasteiger partial charge in [-0.3, -0.25) is 4.79 Å². The number of nitrogens with two attached hydrogens (primary N) is 1. The van der Waals surface area contributed by atoms with Crippen molar-refractivity contribution in [2.24, 2.45) is 0 Å². The Labute approximate surface area is 75.6 Å². The van der Waals surface area contributed by atoms with Crippen molar-refractivity contribution < 1.29 is 4.79 Å². The number of carbonyl (C=O) groups is 1. The number of thiophene rings is 1. The van der Waals surface area contributed by atoms with Gasteiger partial charge in [-0.1, -0.05) is 6.92 Å². The summed E-state index contributed by atoms with van der Waals surface area (Å²) in [5.74, 6) is -0.108. The van der Waals surface area contributed by atoms with Gasteiger partial charge in [-0.2, -0.15) is 0 Å². The standard InChI is InChI=1S/C8H12N2OS/c1-3-5-4-6(7(9)12-5)8(11)10-2/h4H,3,9H2,1-2H3,(H,10,11). The molecule has 0 saturated carbocycles. The molecule has 0 aliphatic carbocycles. The number of aryl methyl sites for hydroxylation is 1. The lowest BCUT2D eigenvalue weighted by atomic mass is 10.2. The maximum absolute atomic E-state index is 11.2. The Morgan fingerprint density at radius 3 is 2.83 bits per heavy atom. The van der Waals surface area contributed by atoms with Crippen LogP contribution < -0.4 is 11.1 Å². The molecule has 1 aromatic rings. The number of hydrogen-bond donors (Lipinski definition) is 2. The van der Waals surface area contributed by atoms with Crippen LogP contribution in [0, 0.1) is 0 Å². The van der Waals surface area contributed by atoms with Gasteiger partial charge >= 0.3 is 0 Å². The molecule has 1 heterocycles. The zero-order valence-electron chi connectivity index (χ0n) is 7.18. The molecule has 0 bridgehead atoms. The van der Waals surface area contributed by atoms with Crippen LogP contribution in [0.5, 0.6) is 0 Å². The van der Waals surface area contributed by atoms with Crippen molar-refractivity contribution >= 4 is 22.2 Å². The van der Waals surface area contributed by atoms with E-state index in [2.05, 4.69) is 5.32 Å². The van der Waals surface area contributed by atoms with Crippen LogP contribution in [0.25, 0.3) is 0 Å². The molecule has 0 aromatic carbocycles. The lowest BCUT2D eigenvalue weighted by Crippen LogP contribution is -2.18.